The molecule has 8 heteroatoms. The Bertz CT molecular complexity index is 1280. The summed E-state index contributed by atoms with van der Waals surface area (Å²) in [7, 11) is 1.99. The lowest BCUT2D eigenvalue weighted by Gasteiger charge is -2.29. The summed E-state index contributed by atoms with van der Waals surface area (Å²) in [4.78, 5) is 12.3. The van der Waals surface area contributed by atoms with Crippen molar-refractivity contribution in [2.45, 2.75) is 26.8 Å². The van der Waals surface area contributed by atoms with Gasteiger partial charge in [0.25, 0.3) is 0 Å². The maximum Gasteiger partial charge on any atom is 0.164 e. The first-order valence-corrected chi connectivity index (χ1v) is 11.5. The predicted octanol–water partition coefficient (Wildman–Crippen LogP) is 3.62. The zero-order valence-corrected chi connectivity index (χ0v) is 19.7. The molecule has 0 spiro atoms. The first-order valence-electron chi connectivity index (χ1n) is 11.5. The van der Waals surface area contributed by atoms with Crippen molar-refractivity contribution in [3.8, 4) is 17.1 Å². The van der Waals surface area contributed by atoms with Gasteiger partial charge in [-0.1, -0.05) is 37.6 Å². The van der Waals surface area contributed by atoms with E-state index in [0.29, 0.717) is 13.2 Å². The second kappa shape index (κ2) is 8.61. The molecule has 1 fully saturated rings. The zero-order valence-electron chi connectivity index (χ0n) is 19.7. The number of nitrogens with zero attached hydrogens (tertiary/aromatic N) is 6. The van der Waals surface area contributed by atoms with Gasteiger partial charge in [-0.3, -0.25) is 0 Å². The smallest absolute Gasteiger partial charge is 0.164 e. The minimum absolute atomic E-state index is 0.164. The van der Waals surface area contributed by atoms with Gasteiger partial charge in [-0.15, -0.1) is 0 Å². The lowest BCUT2D eigenvalue weighted by molar-refractivity contribution is 0.123. The second-order valence-corrected chi connectivity index (χ2v) is 9.09. The molecule has 0 unspecified atom stereocenters. The van der Waals surface area contributed by atoms with Gasteiger partial charge in [0.2, 0.25) is 0 Å². The van der Waals surface area contributed by atoms with Crippen molar-refractivity contribution < 1.29 is 4.74 Å². The fourth-order valence-corrected chi connectivity index (χ4v) is 4.31. The largest absolute Gasteiger partial charge is 0.378 e. The van der Waals surface area contributed by atoms with E-state index in [2.05, 4.69) is 56.0 Å². The SMILES string of the molecule is Cc1cccc(-c2ccn(-c3cc(N4CCOCC4)c4nc([C@@H](N)C(C)C)n(C)c4n3)n2)c1. The van der Waals surface area contributed by atoms with Crippen molar-refractivity contribution in [2.75, 3.05) is 31.2 Å². The van der Waals surface area contributed by atoms with Crippen LogP contribution in [0.15, 0.2) is 42.6 Å². The van der Waals surface area contributed by atoms with E-state index in [1.54, 1.807) is 0 Å². The summed E-state index contributed by atoms with van der Waals surface area (Å²) in [5.74, 6) is 1.88. The molecule has 8 nitrogen and oxygen atoms in total. The van der Waals surface area contributed by atoms with Crippen LogP contribution in [0.2, 0.25) is 0 Å². The van der Waals surface area contributed by atoms with Gasteiger partial charge >= 0.3 is 0 Å². The summed E-state index contributed by atoms with van der Waals surface area (Å²) in [6, 6.07) is 12.3. The molecule has 33 heavy (non-hydrogen) atoms. The van der Waals surface area contributed by atoms with Crippen LogP contribution >= 0.6 is 0 Å². The maximum atomic E-state index is 6.50. The number of pyridine rings is 1. The zero-order chi connectivity index (χ0) is 23.1. The van der Waals surface area contributed by atoms with E-state index < -0.39 is 0 Å². The molecule has 4 heterocycles. The number of rotatable bonds is 5. The third kappa shape index (κ3) is 4.00. The van der Waals surface area contributed by atoms with Gasteiger partial charge in [0.15, 0.2) is 11.5 Å². The number of hydrogen-bond donors (Lipinski definition) is 1. The Morgan fingerprint density at radius 2 is 1.85 bits per heavy atom. The maximum absolute atomic E-state index is 6.50. The molecule has 0 radical (unpaired) electrons. The summed E-state index contributed by atoms with van der Waals surface area (Å²) >= 11 is 0. The van der Waals surface area contributed by atoms with Crippen LogP contribution in [-0.4, -0.2) is 50.6 Å². The van der Waals surface area contributed by atoms with Crippen LogP contribution in [0.4, 0.5) is 5.69 Å². The molecule has 3 aromatic heterocycles. The van der Waals surface area contributed by atoms with Crippen LogP contribution in [0.5, 0.6) is 0 Å². The Morgan fingerprint density at radius 1 is 1.06 bits per heavy atom. The highest BCUT2D eigenvalue weighted by atomic mass is 16.5. The molecular formula is C25H31N7O. The van der Waals surface area contributed by atoms with Crippen molar-refractivity contribution in [1.29, 1.82) is 0 Å². The molecule has 1 aromatic carbocycles. The quantitative estimate of drug-likeness (QED) is 0.505. The number of aryl methyl sites for hydroxylation is 2. The number of ether oxygens (including phenoxy) is 1. The Hall–Kier alpha value is -3.23. The molecule has 0 amide bonds. The molecular weight excluding hydrogens is 414 g/mol. The molecule has 1 aliphatic rings. The van der Waals surface area contributed by atoms with Crippen LogP contribution in [0.3, 0.4) is 0 Å². The van der Waals surface area contributed by atoms with Crippen LogP contribution < -0.4 is 10.6 Å². The first-order chi connectivity index (χ1) is 15.9. The highest BCUT2D eigenvalue weighted by molar-refractivity contribution is 5.88. The first kappa shape index (κ1) is 21.6. The number of fused-ring (bicyclic) bond motifs is 1. The normalized spacial score (nSPS) is 15.5. The number of morpholine rings is 1. The van der Waals surface area contributed by atoms with Gasteiger partial charge in [0.1, 0.15) is 11.3 Å². The standard InChI is InChI=1S/C25H31N7O/c1-16(2)22(26)24-28-23-20(31-10-12-33-13-11-31)15-21(27-25(23)30(24)4)32-9-8-19(29-32)18-7-5-6-17(3)14-18/h5-9,14-16,22H,10-13,26H2,1-4H3/t22-/m0/s1. The fourth-order valence-electron chi connectivity index (χ4n) is 4.31. The minimum Gasteiger partial charge on any atom is -0.378 e. The number of hydrogen-bond acceptors (Lipinski definition) is 6. The molecule has 5 rings (SSSR count). The second-order valence-electron chi connectivity index (χ2n) is 9.09. The molecule has 1 aliphatic heterocycles. The van der Waals surface area contributed by atoms with Crippen molar-refractivity contribution in [3.05, 3.63) is 54.0 Å². The number of anilines is 1. The Kier molecular flexibility index (Phi) is 5.64. The molecule has 0 saturated carbocycles. The lowest BCUT2D eigenvalue weighted by Crippen LogP contribution is -2.36. The van der Waals surface area contributed by atoms with E-state index in [9.17, 15) is 0 Å². The number of nitrogens with two attached hydrogens (primary N) is 1. The summed E-state index contributed by atoms with van der Waals surface area (Å²) in [6.45, 7) is 9.34. The molecule has 172 valence electrons. The van der Waals surface area contributed by atoms with E-state index in [4.69, 9.17) is 25.5 Å². The fraction of sp³-hybridized carbons (Fsp3) is 0.400. The third-order valence-electron chi connectivity index (χ3n) is 6.33. The van der Waals surface area contributed by atoms with Gasteiger partial charge in [-0.25, -0.2) is 14.6 Å². The van der Waals surface area contributed by atoms with Crippen molar-refractivity contribution in [3.63, 3.8) is 0 Å². The average Bonchev–Trinajstić information content (AvgIpc) is 3.44. The average molecular weight is 446 g/mol. The van der Waals surface area contributed by atoms with E-state index in [0.717, 1.165) is 52.8 Å². The van der Waals surface area contributed by atoms with Crippen molar-refractivity contribution in [1.82, 2.24) is 24.3 Å². The highest BCUT2D eigenvalue weighted by Gasteiger charge is 2.24. The van der Waals surface area contributed by atoms with Crippen molar-refractivity contribution in [2.24, 2.45) is 18.7 Å². The number of aromatic nitrogens is 5. The van der Waals surface area contributed by atoms with E-state index >= 15 is 0 Å². The highest BCUT2D eigenvalue weighted by Crippen LogP contribution is 2.31. The Labute approximate surface area is 194 Å². The molecule has 1 saturated heterocycles. The molecule has 1 atom stereocenters. The molecule has 0 bridgehead atoms. The topological polar surface area (TPSA) is 87.0 Å². The summed E-state index contributed by atoms with van der Waals surface area (Å²) in [5.41, 5.74) is 12.4. The Morgan fingerprint density at radius 3 is 2.58 bits per heavy atom. The lowest BCUT2D eigenvalue weighted by atomic mass is 10.1. The monoisotopic (exact) mass is 445 g/mol. The van der Waals surface area contributed by atoms with Crippen LogP contribution in [-0.2, 0) is 11.8 Å². The van der Waals surface area contributed by atoms with Crippen LogP contribution in [0.1, 0.15) is 31.3 Å². The van der Waals surface area contributed by atoms with Gasteiger partial charge in [-0.05, 0) is 25.0 Å². The van der Waals surface area contributed by atoms with Gasteiger partial charge in [0.05, 0.1) is 30.6 Å². The summed E-state index contributed by atoms with van der Waals surface area (Å²) in [5, 5.41) is 4.84. The minimum atomic E-state index is -0.164. The number of imidazole rings is 1. The number of benzene rings is 1. The third-order valence-corrected chi connectivity index (χ3v) is 6.33. The predicted molar refractivity (Wildman–Crippen MR) is 131 cm³/mol. The summed E-state index contributed by atoms with van der Waals surface area (Å²) < 4.78 is 9.46. The molecule has 4 aromatic rings. The molecule has 2 N–H and O–H groups in total. The summed E-state index contributed by atoms with van der Waals surface area (Å²) in [6.07, 6.45) is 1.96. The van der Waals surface area contributed by atoms with Gasteiger partial charge in [-0.2, -0.15) is 5.10 Å². The van der Waals surface area contributed by atoms with Gasteiger partial charge in [0, 0.05) is 38.0 Å². The Balaban J connectivity index is 1.64. The van der Waals surface area contributed by atoms with Crippen LogP contribution in [0, 0.1) is 12.8 Å². The van der Waals surface area contributed by atoms with E-state index in [1.165, 1.54) is 5.56 Å². The van der Waals surface area contributed by atoms with E-state index in [1.807, 2.05) is 28.6 Å². The van der Waals surface area contributed by atoms with Crippen molar-refractivity contribution >= 4 is 16.9 Å². The molecule has 0 aliphatic carbocycles. The van der Waals surface area contributed by atoms with E-state index in [-0.39, 0.29) is 12.0 Å². The van der Waals surface area contributed by atoms with Crippen LogP contribution in [0.25, 0.3) is 28.2 Å². The van der Waals surface area contributed by atoms with Gasteiger partial charge < -0.3 is 19.9 Å².